The van der Waals surface area contributed by atoms with Gasteiger partial charge in [0.05, 0.1) is 0 Å². The summed E-state index contributed by atoms with van der Waals surface area (Å²) in [6.07, 6.45) is 6.54. The molecule has 4 rings (SSSR count). The summed E-state index contributed by atoms with van der Waals surface area (Å²) < 4.78 is 2.32. The first kappa shape index (κ1) is 17.6. The van der Waals surface area contributed by atoms with Gasteiger partial charge >= 0.3 is 0 Å². The molecule has 0 saturated carbocycles. The Morgan fingerprint density at radius 2 is 1.60 bits per heavy atom. The molecule has 2 saturated heterocycles. The predicted molar refractivity (Wildman–Crippen MR) is 112 cm³/mol. The van der Waals surface area contributed by atoms with Crippen molar-refractivity contribution in [1.82, 2.24) is 4.90 Å². The zero-order chi connectivity index (χ0) is 17.2. The SMILES string of the molecule is Brc1ccc(CN2C3CCCC2CC(Nc2ccccc2Br)C3)cc1. The van der Waals surface area contributed by atoms with Crippen LogP contribution < -0.4 is 5.32 Å². The van der Waals surface area contributed by atoms with Gasteiger partial charge in [-0.2, -0.15) is 0 Å². The van der Waals surface area contributed by atoms with Crippen LogP contribution in [0.1, 0.15) is 37.7 Å². The summed E-state index contributed by atoms with van der Waals surface area (Å²) in [5.74, 6) is 0. The van der Waals surface area contributed by atoms with Gasteiger partial charge in [-0.15, -0.1) is 0 Å². The molecule has 2 aromatic carbocycles. The molecule has 0 aliphatic carbocycles. The Morgan fingerprint density at radius 3 is 2.28 bits per heavy atom. The first-order chi connectivity index (χ1) is 12.2. The van der Waals surface area contributed by atoms with Gasteiger partial charge < -0.3 is 5.32 Å². The van der Waals surface area contributed by atoms with Crippen LogP contribution in [0.5, 0.6) is 0 Å². The van der Waals surface area contributed by atoms with Crippen molar-refractivity contribution >= 4 is 37.5 Å². The third-order valence-corrected chi connectivity index (χ3v) is 6.86. The van der Waals surface area contributed by atoms with Gasteiger partial charge in [0.1, 0.15) is 0 Å². The lowest BCUT2D eigenvalue weighted by molar-refractivity contribution is 0.0277. The fourth-order valence-electron chi connectivity index (χ4n) is 4.45. The van der Waals surface area contributed by atoms with E-state index in [-0.39, 0.29) is 0 Å². The van der Waals surface area contributed by atoms with Crippen LogP contribution in [0.15, 0.2) is 57.5 Å². The summed E-state index contributed by atoms with van der Waals surface area (Å²) in [4.78, 5) is 2.77. The molecule has 25 heavy (non-hydrogen) atoms. The van der Waals surface area contributed by atoms with Gasteiger partial charge in [0.25, 0.3) is 0 Å². The number of hydrogen-bond donors (Lipinski definition) is 1. The standard InChI is InChI=1S/C21H24Br2N2/c22-16-10-8-15(9-11-16)14-25-18-4-3-5-19(25)13-17(12-18)24-21-7-2-1-6-20(21)23/h1-2,6-11,17-19,24H,3-5,12-14H2. The summed E-state index contributed by atoms with van der Waals surface area (Å²) in [7, 11) is 0. The van der Waals surface area contributed by atoms with Gasteiger partial charge in [-0.25, -0.2) is 0 Å². The molecule has 2 bridgehead atoms. The molecule has 2 fully saturated rings. The Balaban J connectivity index is 1.45. The number of anilines is 1. The molecule has 0 amide bonds. The topological polar surface area (TPSA) is 15.3 Å². The number of benzene rings is 2. The van der Waals surface area contributed by atoms with E-state index in [1.165, 1.54) is 43.4 Å². The van der Waals surface area contributed by atoms with Gasteiger partial charge in [0.2, 0.25) is 0 Å². The molecule has 0 radical (unpaired) electrons. The van der Waals surface area contributed by atoms with Gasteiger partial charge in [-0.3, -0.25) is 4.90 Å². The fourth-order valence-corrected chi connectivity index (χ4v) is 5.12. The third kappa shape index (κ3) is 4.12. The highest BCUT2D eigenvalue weighted by Crippen LogP contribution is 2.37. The van der Waals surface area contributed by atoms with Crippen LogP contribution in [0.25, 0.3) is 0 Å². The van der Waals surface area contributed by atoms with E-state index in [9.17, 15) is 0 Å². The number of nitrogens with one attached hydrogen (secondary N) is 1. The number of piperidine rings is 2. The minimum atomic E-state index is 0.579. The van der Waals surface area contributed by atoms with Gasteiger partial charge in [0, 0.05) is 39.3 Å². The average Bonchev–Trinajstić information content (AvgIpc) is 2.59. The first-order valence-electron chi connectivity index (χ1n) is 9.20. The van der Waals surface area contributed by atoms with E-state index in [1.54, 1.807) is 0 Å². The van der Waals surface area contributed by atoms with Crippen molar-refractivity contribution in [2.24, 2.45) is 0 Å². The molecule has 2 unspecified atom stereocenters. The van der Waals surface area contributed by atoms with E-state index in [0.29, 0.717) is 18.1 Å². The quantitative estimate of drug-likeness (QED) is 0.579. The summed E-state index contributed by atoms with van der Waals surface area (Å²) in [6, 6.07) is 19.3. The summed E-state index contributed by atoms with van der Waals surface area (Å²) in [5.41, 5.74) is 2.66. The maximum absolute atomic E-state index is 3.79. The first-order valence-corrected chi connectivity index (χ1v) is 10.8. The summed E-state index contributed by atoms with van der Waals surface area (Å²) in [6.45, 7) is 1.09. The Bertz CT molecular complexity index is 702. The molecule has 2 heterocycles. The van der Waals surface area contributed by atoms with Gasteiger partial charge in [-0.05, 0) is 71.4 Å². The van der Waals surface area contributed by atoms with E-state index in [4.69, 9.17) is 0 Å². The van der Waals surface area contributed by atoms with Crippen LogP contribution in [0.2, 0.25) is 0 Å². The third-order valence-electron chi connectivity index (χ3n) is 5.64. The number of nitrogens with zero attached hydrogens (tertiary/aromatic N) is 1. The Hall–Kier alpha value is -0.840. The number of fused-ring (bicyclic) bond motifs is 2. The molecule has 132 valence electrons. The molecule has 2 atom stereocenters. The molecule has 2 aliphatic heterocycles. The second-order valence-electron chi connectivity index (χ2n) is 7.33. The van der Waals surface area contributed by atoms with Crippen LogP contribution in [0.3, 0.4) is 0 Å². The summed E-state index contributed by atoms with van der Waals surface area (Å²) in [5, 5.41) is 3.79. The predicted octanol–water partition coefficient (Wildman–Crippen LogP) is 6.21. The highest BCUT2D eigenvalue weighted by Gasteiger charge is 2.38. The largest absolute Gasteiger partial charge is 0.381 e. The zero-order valence-corrected chi connectivity index (χ0v) is 17.5. The number of para-hydroxylation sites is 1. The van der Waals surface area contributed by atoms with Crippen molar-refractivity contribution in [3.63, 3.8) is 0 Å². The van der Waals surface area contributed by atoms with Crippen LogP contribution in [0, 0.1) is 0 Å². The molecular weight excluding hydrogens is 440 g/mol. The fraction of sp³-hybridized carbons (Fsp3) is 0.429. The smallest absolute Gasteiger partial charge is 0.0486 e. The normalized spacial score (nSPS) is 26.4. The van der Waals surface area contributed by atoms with Gasteiger partial charge in [-0.1, -0.05) is 46.6 Å². The Morgan fingerprint density at radius 1 is 0.920 bits per heavy atom. The van der Waals surface area contributed by atoms with E-state index in [2.05, 4.69) is 90.6 Å². The monoisotopic (exact) mass is 462 g/mol. The molecule has 0 aromatic heterocycles. The minimum Gasteiger partial charge on any atom is -0.381 e. The number of rotatable bonds is 4. The van der Waals surface area contributed by atoms with Crippen molar-refractivity contribution < 1.29 is 0 Å². The van der Waals surface area contributed by atoms with Crippen LogP contribution in [0.4, 0.5) is 5.69 Å². The van der Waals surface area contributed by atoms with Crippen molar-refractivity contribution in [3.05, 3.63) is 63.0 Å². The van der Waals surface area contributed by atoms with Crippen LogP contribution in [-0.4, -0.2) is 23.0 Å². The van der Waals surface area contributed by atoms with E-state index in [1.807, 2.05) is 0 Å². The van der Waals surface area contributed by atoms with Crippen molar-refractivity contribution in [3.8, 4) is 0 Å². The molecule has 2 nitrogen and oxygen atoms in total. The lowest BCUT2D eigenvalue weighted by atomic mass is 9.81. The maximum atomic E-state index is 3.79. The Labute approximate surface area is 167 Å². The molecule has 0 spiro atoms. The second kappa shape index (κ2) is 7.81. The van der Waals surface area contributed by atoms with Crippen molar-refractivity contribution in [2.75, 3.05) is 5.32 Å². The highest BCUT2D eigenvalue weighted by atomic mass is 79.9. The van der Waals surface area contributed by atoms with E-state index >= 15 is 0 Å². The zero-order valence-electron chi connectivity index (χ0n) is 14.3. The summed E-state index contributed by atoms with van der Waals surface area (Å²) >= 11 is 7.21. The van der Waals surface area contributed by atoms with Gasteiger partial charge in [0.15, 0.2) is 0 Å². The highest BCUT2D eigenvalue weighted by molar-refractivity contribution is 9.10. The van der Waals surface area contributed by atoms with E-state index in [0.717, 1.165) is 15.5 Å². The lowest BCUT2D eigenvalue weighted by Crippen LogP contribution is -2.54. The minimum absolute atomic E-state index is 0.579. The number of halogens is 2. The molecular formula is C21H24Br2N2. The molecule has 2 aromatic rings. The van der Waals surface area contributed by atoms with E-state index < -0.39 is 0 Å². The van der Waals surface area contributed by atoms with Crippen molar-refractivity contribution in [1.29, 1.82) is 0 Å². The average molecular weight is 464 g/mol. The van der Waals surface area contributed by atoms with Crippen molar-refractivity contribution in [2.45, 2.75) is 56.8 Å². The maximum Gasteiger partial charge on any atom is 0.0486 e. The van der Waals surface area contributed by atoms with Crippen LogP contribution >= 0.6 is 31.9 Å². The molecule has 1 N–H and O–H groups in total. The second-order valence-corrected chi connectivity index (χ2v) is 9.10. The molecule has 2 aliphatic rings. The Kier molecular flexibility index (Phi) is 5.49. The molecule has 4 heteroatoms. The lowest BCUT2D eigenvalue weighted by Gasteiger charge is -2.49. The van der Waals surface area contributed by atoms with Crippen LogP contribution in [-0.2, 0) is 6.54 Å². The number of hydrogen-bond acceptors (Lipinski definition) is 2.